The van der Waals surface area contributed by atoms with Crippen molar-refractivity contribution >= 4 is 0 Å². The van der Waals surface area contributed by atoms with Crippen LogP contribution in [0.2, 0.25) is 0 Å². The average molecular weight is 393 g/mol. The lowest BCUT2D eigenvalue weighted by Crippen LogP contribution is -2.37. The molecule has 0 aromatic heterocycles. The van der Waals surface area contributed by atoms with Crippen molar-refractivity contribution < 1.29 is 0 Å². The lowest BCUT2D eigenvalue weighted by molar-refractivity contribution is 0.159. The van der Waals surface area contributed by atoms with E-state index >= 15 is 0 Å². The molecule has 0 saturated carbocycles. The van der Waals surface area contributed by atoms with Gasteiger partial charge in [0.25, 0.3) is 0 Å². The fourth-order valence-corrected chi connectivity index (χ4v) is 4.46. The van der Waals surface area contributed by atoms with Crippen LogP contribution in [0.15, 0.2) is 12.4 Å². The van der Waals surface area contributed by atoms with Gasteiger partial charge in [-0.3, -0.25) is 0 Å². The van der Waals surface area contributed by atoms with E-state index in [9.17, 15) is 0 Å². The largest absolute Gasteiger partial charge is 0.359 e. The standard InChI is InChI=1S/C26H52N2/c1-4-6-8-10-12-14-15-17-19-21-23-28-25-24-27(3)26(28)22-20-18-16-13-11-9-7-5-2/h24-26H,4-23H2,1-3H3. The van der Waals surface area contributed by atoms with Crippen molar-refractivity contribution in [1.82, 2.24) is 9.80 Å². The van der Waals surface area contributed by atoms with E-state index in [0.717, 1.165) is 0 Å². The molecule has 1 heterocycles. The van der Waals surface area contributed by atoms with E-state index in [-0.39, 0.29) is 0 Å². The quantitative estimate of drug-likeness (QED) is 0.192. The first-order valence-corrected chi connectivity index (χ1v) is 13.0. The van der Waals surface area contributed by atoms with Crippen molar-refractivity contribution in [2.45, 2.75) is 142 Å². The Morgan fingerprint density at radius 3 is 1.46 bits per heavy atom. The molecule has 0 fully saturated rings. The van der Waals surface area contributed by atoms with E-state index in [1.165, 1.54) is 129 Å². The summed E-state index contributed by atoms with van der Waals surface area (Å²) < 4.78 is 0. The van der Waals surface area contributed by atoms with Crippen molar-refractivity contribution in [3.8, 4) is 0 Å². The van der Waals surface area contributed by atoms with Gasteiger partial charge in [-0.2, -0.15) is 0 Å². The van der Waals surface area contributed by atoms with Crippen LogP contribution < -0.4 is 0 Å². The molecule has 2 nitrogen and oxygen atoms in total. The minimum Gasteiger partial charge on any atom is -0.359 e. The molecule has 1 atom stereocenters. The van der Waals surface area contributed by atoms with E-state index in [2.05, 4.69) is 43.1 Å². The molecule has 0 N–H and O–H groups in total. The zero-order chi connectivity index (χ0) is 20.3. The number of hydrogen-bond donors (Lipinski definition) is 0. The van der Waals surface area contributed by atoms with E-state index < -0.39 is 0 Å². The lowest BCUT2D eigenvalue weighted by atomic mass is 10.1. The molecule has 0 amide bonds. The summed E-state index contributed by atoms with van der Waals surface area (Å²) >= 11 is 0. The molecule has 0 radical (unpaired) electrons. The number of rotatable bonds is 20. The molecule has 1 aliphatic rings. The fraction of sp³-hybridized carbons (Fsp3) is 0.923. The third-order valence-corrected chi connectivity index (χ3v) is 6.43. The van der Waals surface area contributed by atoms with Gasteiger partial charge in [0, 0.05) is 26.0 Å². The summed E-state index contributed by atoms with van der Waals surface area (Å²) in [6.07, 6.45) is 32.2. The van der Waals surface area contributed by atoms with E-state index in [1.807, 2.05) is 0 Å². The predicted octanol–water partition coefficient (Wildman–Crippen LogP) is 8.48. The second-order valence-corrected chi connectivity index (χ2v) is 9.13. The Kier molecular flexibility index (Phi) is 16.7. The summed E-state index contributed by atoms with van der Waals surface area (Å²) in [7, 11) is 2.25. The van der Waals surface area contributed by atoms with Crippen LogP contribution in [0, 0.1) is 0 Å². The van der Waals surface area contributed by atoms with Crippen LogP contribution in [0.25, 0.3) is 0 Å². The summed E-state index contributed by atoms with van der Waals surface area (Å²) in [6, 6.07) is 0. The summed E-state index contributed by atoms with van der Waals surface area (Å²) in [5, 5.41) is 0. The van der Waals surface area contributed by atoms with Gasteiger partial charge in [0.05, 0.1) is 0 Å². The summed E-state index contributed by atoms with van der Waals surface area (Å²) in [5.41, 5.74) is 0. The highest BCUT2D eigenvalue weighted by atomic mass is 15.4. The maximum Gasteiger partial charge on any atom is 0.100 e. The lowest BCUT2D eigenvalue weighted by Gasteiger charge is -2.30. The number of nitrogens with zero attached hydrogens (tertiary/aromatic N) is 2. The van der Waals surface area contributed by atoms with Gasteiger partial charge in [0.15, 0.2) is 0 Å². The molecule has 1 unspecified atom stereocenters. The Morgan fingerprint density at radius 2 is 0.964 bits per heavy atom. The van der Waals surface area contributed by atoms with Gasteiger partial charge in [0.1, 0.15) is 6.17 Å². The van der Waals surface area contributed by atoms with Crippen molar-refractivity contribution in [2.24, 2.45) is 0 Å². The van der Waals surface area contributed by atoms with Crippen LogP contribution in [0.1, 0.15) is 136 Å². The topological polar surface area (TPSA) is 6.48 Å². The molecular formula is C26H52N2. The zero-order valence-corrected chi connectivity index (χ0v) is 19.8. The Morgan fingerprint density at radius 1 is 0.536 bits per heavy atom. The first-order chi connectivity index (χ1) is 13.8. The third-order valence-electron chi connectivity index (χ3n) is 6.43. The second kappa shape index (κ2) is 18.4. The normalized spacial score (nSPS) is 16.5. The minimum absolute atomic E-state index is 0.624. The van der Waals surface area contributed by atoms with Gasteiger partial charge in [0.2, 0.25) is 0 Å². The van der Waals surface area contributed by atoms with Gasteiger partial charge in [-0.1, -0.05) is 117 Å². The molecule has 0 saturated heterocycles. The summed E-state index contributed by atoms with van der Waals surface area (Å²) in [5.74, 6) is 0. The van der Waals surface area contributed by atoms with Crippen LogP contribution in [0.5, 0.6) is 0 Å². The Bertz CT molecular complexity index is 352. The smallest absolute Gasteiger partial charge is 0.100 e. The van der Waals surface area contributed by atoms with Crippen LogP contribution in [-0.2, 0) is 0 Å². The summed E-state index contributed by atoms with van der Waals surface area (Å²) in [4.78, 5) is 5.03. The van der Waals surface area contributed by atoms with Gasteiger partial charge >= 0.3 is 0 Å². The van der Waals surface area contributed by atoms with Crippen molar-refractivity contribution in [3.63, 3.8) is 0 Å². The van der Waals surface area contributed by atoms with E-state index in [4.69, 9.17) is 0 Å². The molecule has 2 heteroatoms. The van der Waals surface area contributed by atoms with Crippen molar-refractivity contribution in [1.29, 1.82) is 0 Å². The minimum atomic E-state index is 0.624. The monoisotopic (exact) mass is 392 g/mol. The third kappa shape index (κ3) is 12.7. The zero-order valence-electron chi connectivity index (χ0n) is 19.8. The van der Waals surface area contributed by atoms with Crippen molar-refractivity contribution in [2.75, 3.05) is 13.6 Å². The van der Waals surface area contributed by atoms with Gasteiger partial charge in [-0.05, 0) is 19.3 Å². The van der Waals surface area contributed by atoms with Gasteiger partial charge in [-0.25, -0.2) is 0 Å². The van der Waals surface area contributed by atoms with Crippen molar-refractivity contribution in [3.05, 3.63) is 12.4 Å². The van der Waals surface area contributed by atoms with Gasteiger partial charge < -0.3 is 9.80 Å². The maximum atomic E-state index is 2.60. The molecular weight excluding hydrogens is 340 g/mol. The summed E-state index contributed by atoms with van der Waals surface area (Å²) in [6.45, 7) is 5.85. The Hall–Kier alpha value is -0.660. The highest BCUT2D eigenvalue weighted by molar-refractivity contribution is 4.95. The van der Waals surface area contributed by atoms with E-state index in [1.54, 1.807) is 0 Å². The number of unbranched alkanes of at least 4 members (excludes halogenated alkanes) is 16. The fourth-order valence-electron chi connectivity index (χ4n) is 4.46. The molecule has 166 valence electrons. The van der Waals surface area contributed by atoms with E-state index in [0.29, 0.717) is 6.17 Å². The van der Waals surface area contributed by atoms with Crippen LogP contribution in [0.3, 0.4) is 0 Å². The molecule has 0 aromatic rings. The molecule has 1 rings (SSSR count). The first kappa shape index (κ1) is 25.4. The molecule has 0 aromatic carbocycles. The molecule has 1 aliphatic heterocycles. The molecule has 0 spiro atoms. The van der Waals surface area contributed by atoms with Crippen LogP contribution >= 0.6 is 0 Å². The molecule has 0 bridgehead atoms. The molecule has 0 aliphatic carbocycles. The maximum absolute atomic E-state index is 2.60. The second-order valence-electron chi connectivity index (χ2n) is 9.13. The predicted molar refractivity (Wildman–Crippen MR) is 126 cm³/mol. The Labute approximate surface area is 178 Å². The average Bonchev–Trinajstić information content (AvgIpc) is 3.05. The van der Waals surface area contributed by atoms with Gasteiger partial charge in [-0.15, -0.1) is 0 Å². The molecule has 28 heavy (non-hydrogen) atoms. The van der Waals surface area contributed by atoms with Crippen LogP contribution in [-0.4, -0.2) is 29.6 Å². The SMILES string of the molecule is CCCCCCCCCCCCN1C=CN(C)C1CCCCCCCCCC. The van der Waals surface area contributed by atoms with Crippen LogP contribution in [0.4, 0.5) is 0 Å². The Balaban J connectivity index is 1.98. The number of hydrogen-bond acceptors (Lipinski definition) is 2. The highest BCUT2D eigenvalue weighted by Gasteiger charge is 2.22. The first-order valence-electron chi connectivity index (χ1n) is 13.0. The highest BCUT2D eigenvalue weighted by Crippen LogP contribution is 2.21.